The molecule has 31 heavy (non-hydrogen) atoms. The van der Waals surface area contributed by atoms with Gasteiger partial charge in [-0.25, -0.2) is 0 Å². The fourth-order valence-electron chi connectivity index (χ4n) is 3.53. The van der Waals surface area contributed by atoms with Crippen molar-refractivity contribution < 1.29 is 14.3 Å². The Morgan fingerprint density at radius 1 is 1.06 bits per heavy atom. The molecule has 3 rings (SSSR count). The van der Waals surface area contributed by atoms with Crippen molar-refractivity contribution in [1.82, 2.24) is 4.90 Å². The third-order valence-electron chi connectivity index (χ3n) is 5.22. The van der Waals surface area contributed by atoms with Gasteiger partial charge in [0, 0.05) is 42.7 Å². The Morgan fingerprint density at radius 2 is 1.74 bits per heavy atom. The number of nitrogens with zero attached hydrogens (tertiary/aromatic N) is 2. The van der Waals surface area contributed by atoms with Crippen LogP contribution in [-0.2, 0) is 4.79 Å². The number of hydrogen-bond donors (Lipinski definition) is 1. The lowest BCUT2D eigenvalue weighted by Crippen LogP contribution is -2.50. The molecule has 0 spiro atoms. The lowest BCUT2D eigenvalue weighted by Gasteiger charge is -2.37. The van der Waals surface area contributed by atoms with Crippen LogP contribution in [0.25, 0.3) is 0 Å². The first-order valence-electron chi connectivity index (χ1n) is 10.8. The molecular formula is C24H30ClN3O3. The number of carbonyl (C=O) groups is 2. The number of nitrogens with one attached hydrogen (secondary N) is 1. The number of rotatable bonds is 7. The van der Waals surface area contributed by atoms with Gasteiger partial charge in [-0.05, 0) is 48.9 Å². The van der Waals surface area contributed by atoms with Crippen molar-refractivity contribution >= 4 is 34.8 Å². The molecule has 0 unspecified atom stereocenters. The molecule has 0 radical (unpaired) electrons. The fourth-order valence-corrected chi connectivity index (χ4v) is 3.71. The second-order valence-corrected chi connectivity index (χ2v) is 8.39. The van der Waals surface area contributed by atoms with Crippen molar-refractivity contribution in [2.45, 2.75) is 27.2 Å². The van der Waals surface area contributed by atoms with Gasteiger partial charge in [-0.3, -0.25) is 9.59 Å². The minimum atomic E-state index is -0.209. The van der Waals surface area contributed by atoms with Crippen molar-refractivity contribution in [3.8, 4) is 5.75 Å². The van der Waals surface area contributed by atoms with Crippen LogP contribution in [0.3, 0.4) is 0 Å². The number of hydrogen-bond acceptors (Lipinski definition) is 4. The average Bonchev–Trinajstić information content (AvgIpc) is 2.77. The second-order valence-electron chi connectivity index (χ2n) is 7.96. The van der Waals surface area contributed by atoms with Crippen LogP contribution in [0, 0.1) is 5.92 Å². The predicted molar refractivity (Wildman–Crippen MR) is 125 cm³/mol. The van der Waals surface area contributed by atoms with Gasteiger partial charge in [0.25, 0.3) is 5.91 Å². The first-order chi connectivity index (χ1) is 14.9. The number of halogens is 1. The smallest absolute Gasteiger partial charge is 0.255 e. The molecule has 166 valence electrons. The lowest BCUT2D eigenvalue weighted by molar-refractivity contribution is -0.134. The van der Waals surface area contributed by atoms with Crippen LogP contribution < -0.4 is 15.0 Å². The summed E-state index contributed by atoms with van der Waals surface area (Å²) in [5.41, 5.74) is 2.10. The highest BCUT2D eigenvalue weighted by Gasteiger charge is 2.24. The maximum absolute atomic E-state index is 12.8. The van der Waals surface area contributed by atoms with Crippen LogP contribution in [0.15, 0.2) is 42.5 Å². The number of benzene rings is 2. The summed E-state index contributed by atoms with van der Waals surface area (Å²) in [6, 6.07) is 12.6. The van der Waals surface area contributed by atoms with Crippen LogP contribution in [0.4, 0.5) is 11.4 Å². The summed E-state index contributed by atoms with van der Waals surface area (Å²) in [6.45, 7) is 9.26. The van der Waals surface area contributed by atoms with Crippen LogP contribution in [0.2, 0.25) is 5.02 Å². The fraction of sp³-hybridized carbons (Fsp3) is 0.417. The Bertz CT molecular complexity index is 907. The first kappa shape index (κ1) is 22.9. The molecule has 0 aromatic heterocycles. The monoisotopic (exact) mass is 443 g/mol. The quantitative estimate of drug-likeness (QED) is 0.674. The molecule has 7 heteroatoms. The van der Waals surface area contributed by atoms with Crippen molar-refractivity contribution in [3.63, 3.8) is 0 Å². The van der Waals surface area contributed by atoms with Gasteiger partial charge in [-0.1, -0.05) is 32.4 Å². The maximum Gasteiger partial charge on any atom is 0.255 e. The van der Waals surface area contributed by atoms with Gasteiger partial charge in [0.15, 0.2) is 0 Å². The molecule has 1 saturated heterocycles. The van der Waals surface area contributed by atoms with Crippen LogP contribution in [0.1, 0.15) is 37.6 Å². The highest BCUT2D eigenvalue weighted by atomic mass is 35.5. The maximum atomic E-state index is 12.8. The highest BCUT2D eigenvalue weighted by molar-refractivity contribution is 6.31. The highest BCUT2D eigenvalue weighted by Crippen LogP contribution is 2.31. The molecule has 1 aliphatic rings. The summed E-state index contributed by atoms with van der Waals surface area (Å²) in [7, 11) is 0. The van der Waals surface area contributed by atoms with Crippen molar-refractivity contribution in [2.24, 2.45) is 5.92 Å². The topological polar surface area (TPSA) is 61.9 Å². The molecule has 6 nitrogen and oxygen atoms in total. The summed E-state index contributed by atoms with van der Waals surface area (Å²) in [6.07, 6.45) is 0.930. The van der Waals surface area contributed by atoms with E-state index in [2.05, 4.69) is 10.2 Å². The van der Waals surface area contributed by atoms with E-state index >= 15 is 0 Å². The largest absolute Gasteiger partial charge is 0.494 e. The van der Waals surface area contributed by atoms with E-state index in [1.54, 1.807) is 30.3 Å². The Labute approximate surface area is 189 Å². The lowest BCUT2D eigenvalue weighted by atomic mass is 10.1. The Hall–Kier alpha value is -2.73. The van der Waals surface area contributed by atoms with E-state index in [0.717, 1.165) is 17.9 Å². The Balaban J connectivity index is 1.70. The van der Waals surface area contributed by atoms with Gasteiger partial charge in [0.1, 0.15) is 5.75 Å². The third kappa shape index (κ3) is 5.91. The number of amides is 2. The molecule has 0 atom stereocenters. The molecule has 1 heterocycles. The third-order valence-corrected chi connectivity index (χ3v) is 5.46. The summed E-state index contributed by atoms with van der Waals surface area (Å²) in [5, 5.41) is 3.55. The molecule has 2 aromatic rings. The molecule has 0 aliphatic carbocycles. The van der Waals surface area contributed by atoms with Crippen molar-refractivity contribution in [1.29, 1.82) is 0 Å². The van der Waals surface area contributed by atoms with Crippen molar-refractivity contribution in [3.05, 3.63) is 53.1 Å². The van der Waals surface area contributed by atoms with E-state index in [1.165, 1.54) is 0 Å². The normalized spacial score (nSPS) is 14.0. The molecular weight excluding hydrogens is 414 g/mol. The van der Waals surface area contributed by atoms with E-state index in [-0.39, 0.29) is 17.7 Å². The van der Waals surface area contributed by atoms with Crippen LogP contribution >= 0.6 is 11.6 Å². The number of anilines is 2. The summed E-state index contributed by atoms with van der Waals surface area (Å²) >= 11 is 6.21. The summed E-state index contributed by atoms with van der Waals surface area (Å²) in [5.74, 6) is 0.709. The van der Waals surface area contributed by atoms with E-state index in [0.29, 0.717) is 49.1 Å². The van der Waals surface area contributed by atoms with Crippen LogP contribution in [0.5, 0.6) is 5.75 Å². The van der Waals surface area contributed by atoms with Gasteiger partial charge in [-0.15, -0.1) is 0 Å². The predicted octanol–water partition coefficient (Wildman–Crippen LogP) is 4.69. The minimum Gasteiger partial charge on any atom is -0.494 e. The van der Waals surface area contributed by atoms with E-state index < -0.39 is 0 Å². The van der Waals surface area contributed by atoms with Crippen LogP contribution in [-0.4, -0.2) is 49.5 Å². The van der Waals surface area contributed by atoms with Gasteiger partial charge < -0.3 is 19.9 Å². The molecule has 2 aromatic carbocycles. The number of ether oxygens (including phenoxy) is 1. The van der Waals surface area contributed by atoms with E-state index in [9.17, 15) is 9.59 Å². The molecule has 0 bridgehead atoms. The zero-order chi connectivity index (χ0) is 22.4. The molecule has 1 fully saturated rings. The first-order valence-corrected chi connectivity index (χ1v) is 11.1. The zero-order valence-corrected chi connectivity index (χ0v) is 19.1. The minimum absolute atomic E-state index is 0.00399. The summed E-state index contributed by atoms with van der Waals surface area (Å²) < 4.78 is 5.58. The van der Waals surface area contributed by atoms with Crippen molar-refractivity contribution in [2.75, 3.05) is 43.0 Å². The Kier molecular flexibility index (Phi) is 7.80. The average molecular weight is 444 g/mol. The second kappa shape index (κ2) is 10.5. The van der Waals surface area contributed by atoms with Gasteiger partial charge in [0.2, 0.25) is 5.91 Å². The Morgan fingerprint density at radius 3 is 2.35 bits per heavy atom. The number of carbonyl (C=O) groups excluding carboxylic acids is 2. The molecule has 0 saturated carbocycles. The van der Waals surface area contributed by atoms with Gasteiger partial charge in [-0.2, -0.15) is 0 Å². The summed E-state index contributed by atoms with van der Waals surface area (Å²) in [4.78, 5) is 29.2. The molecule has 2 amide bonds. The van der Waals surface area contributed by atoms with E-state index in [1.807, 2.05) is 37.8 Å². The van der Waals surface area contributed by atoms with E-state index in [4.69, 9.17) is 16.3 Å². The number of piperazine rings is 1. The SMILES string of the molecule is CCCOc1ccc(C(=O)Nc2cc(Cl)ccc2N2CCN(C(=O)C(C)C)CC2)cc1. The molecule has 1 aliphatic heterocycles. The van der Waals surface area contributed by atoms with Gasteiger partial charge >= 0.3 is 0 Å². The van der Waals surface area contributed by atoms with Gasteiger partial charge in [0.05, 0.1) is 18.0 Å². The molecule has 1 N–H and O–H groups in total. The standard InChI is InChI=1S/C24H30ClN3O3/c1-4-15-31-20-8-5-18(6-9-20)23(29)26-21-16-19(25)7-10-22(21)27-11-13-28(14-12-27)24(30)17(2)3/h5-10,16-17H,4,11-15H2,1-3H3,(H,26,29). The zero-order valence-electron chi connectivity index (χ0n) is 18.4.